The number of hydrogen-bond donors (Lipinski definition) is 1. The summed E-state index contributed by atoms with van der Waals surface area (Å²) >= 11 is 0. The molecule has 0 radical (unpaired) electrons. The predicted molar refractivity (Wildman–Crippen MR) is 73.5 cm³/mol. The van der Waals surface area contributed by atoms with E-state index in [1.165, 1.54) is 6.20 Å². The maximum absolute atomic E-state index is 11.9. The minimum Gasteiger partial charge on any atom is -0.396 e. The maximum Gasteiger partial charge on any atom is 0.156 e. The van der Waals surface area contributed by atoms with E-state index >= 15 is 0 Å². The lowest BCUT2D eigenvalue weighted by Crippen LogP contribution is -2.32. The number of sulfone groups is 1. The van der Waals surface area contributed by atoms with Crippen LogP contribution in [0.3, 0.4) is 0 Å². The van der Waals surface area contributed by atoms with Crippen LogP contribution in [0, 0.1) is 0 Å². The van der Waals surface area contributed by atoms with E-state index in [0.717, 1.165) is 0 Å². The van der Waals surface area contributed by atoms with Crippen molar-refractivity contribution in [2.75, 3.05) is 17.2 Å². The topological polar surface area (TPSA) is 90.1 Å². The Morgan fingerprint density at radius 3 is 2.50 bits per heavy atom. The molecule has 0 spiro atoms. The van der Waals surface area contributed by atoms with Crippen molar-refractivity contribution in [3.8, 4) is 0 Å². The highest BCUT2D eigenvalue weighted by Crippen LogP contribution is 2.18. The second kappa shape index (κ2) is 5.36. The summed E-state index contributed by atoms with van der Waals surface area (Å²) in [7, 11) is -4.77. The number of rotatable bonds is 4. The Bertz CT molecular complexity index is 548. The Kier molecular flexibility index (Phi) is 4.50. The minimum atomic E-state index is -3.28. The highest BCUT2D eigenvalue weighted by Gasteiger charge is 2.29. The summed E-state index contributed by atoms with van der Waals surface area (Å²) in [5.41, 5.74) is 5.96. The molecule has 0 aromatic carbocycles. The number of nitrogens with zero attached hydrogens (tertiary/aromatic N) is 1. The number of aromatic nitrogens is 1. The summed E-state index contributed by atoms with van der Waals surface area (Å²) in [5.74, 6) is -0.125. The number of nitrogen functional groups attached to an aromatic ring is 1. The molecule has 1 heterocycles. The first kappa shape index (κ1) is 15.1. The SMILES string of the molecule is CC(C)(C)S(=O)(=O)CCS(=O)c1ncccc1N. The average Bonchev–Trinajstić information content (AvgIpc) is 2.25. The van der Waals surface area contributed by atoms with Crippen molar-refractivity contribution in [3.63, 3.8) is 0 Å². The Morgan fingerprint density at radius 2 is 2.00 bits per heavy atom. The molecule has 0 aliphatic heterocycles. The molecule has 1 unspecified atom stereocenters. The summed E-state index contributed by atoms with van der Waals surface area (Å²) in [6.45, 7) is 4.88. The van der Waals surface area contributed by atoms with Crippen LogP contribution in [0.4, 0.5) is 5.69 Å². The molecule has 7 heteroatoms. The van der Waals surface area contributed by atoms with Gasteiger partial charge in [0.15, 0.2) is 9.84 Å². The average molecular weight is 290 g/mol. The Morgan fingerprint density at radius 1 is 1.39 bits per heavy atom. The lowest BCUT2D eigenvalue weighted by Gasteiger charge is -2.18. The fraction of sp³-hybridized carbons (Fsp3) is 0.545. The molecule has 0 amide bonds. The fourth-order valence-electron chi connectivity index (χ4n) is 1.18. The third-order valence-electron chi connectivity index (χ3n) is 2.49. The van der Waals surface area contributed by atoms with Gasteiger partial charge >= 0.3 is 0 Å². The highest BCUT2D eigenvalue weighted by molar-refractivity contribution is 7.94. The third-order valence-corrected chi connectivity index (χ3v) is 6.70. The Labute approximate surface area is 110 Å². The molecule has 0 bridgehead atoms. The largest absolute Gasteiger partial charge is 0.396 e. The molecule has 2 N–H and O–H groups in total. The lowest BCUT2D eigenvalue weighted by molar-refractivity contribution is 0.561. The van der Waals surface area contributed by atoms with Crippen molar-refractivity contribution in [1.82, 2.24) is 4.98 Å². The van der Waals surface area contributed by atoms with E-state index in [9.17, 15) is 12.6 Å². The van der Waals surface area contributed by atoms with Gasteiger partial charge in [-0.25, -0.2) is 13.4 Å². The zero-order chi connectivity index (χ0) is 14.0. The van der Waals surface area contributed by atoms with Crippen LogP contribution in [0.2, 0.25) is 0 Å². The normalized spacial score (nSPS) is 14.4. The van der Waals surface area contributed by atoms with E-state index in [2.05, 4.69) is 4.98 Å². The zero-order valence-corrected chi connectivity index (χ0v) is 12.3. The standard InChI is InChI=1S/C11H18N2O3S2/c1-11(2,3)18(15,16)8-7-17(14)10-9(12)5-4-6-13-10/h4-6H,7-8,12H2,1-3H3. The molecule has 0 fully saturated rings. The van der Waals surface area contributed by atoms with Crippen LogP contribution in [-0.2, 0) is 20.6 Å². The van der Waals surface area contributed by atoms with Gasteiger partial charge in [0.2, 0.25) is 0 Å². The second-order valence-electron chi connectivity index (χ2n) is 4.88. The molecular formula is C11H18N2O3S2. The molecule has 1 rings (SSSR count). The molecule has 0 saturated carbocycles. The maximum atomic E-state index is 11.9. The predicted octanol–water partition coefficient (Wildman–Crippen LogP) is 0.985. The summed E-state index contributed by atoms with van der Waals surface area (Å²) in [5, 5.41) is 0.251. The van der Waals surface area contributed by atoms with Gasteiger partial charge in [-0.15, -0.1) is 0 Å². The van der Waals surface area contributed by atoms with Gasteiger partial charge in [-0.2, -0.15) is 0 Å². The number of pyridine rings is 1. The van der Waals surface area contributed by atoms with Gasteiger partial charge in [-0.05, 0) is 32.9 Å². The van der Waals surface area contributed by atoms with Crippen LogP contribution in [0.25, 0.3) is 0 Å². The molecule has 5 nitrogen and oxygen atoms in total. The van der Waals surface area contributed by atoms with E-state index in [1.54, 1.807) is 32.9 Å². The van der Waals surface area contributed by atoms with E-state index in [1.807, 2.05) is 0 Å². The monoisotopic (exact) mass is 290 g/mol. The molecule has 0 saturated heterocycles. The molecule has 18 heavy (non-hydrogen) atoms. The first-order chi connectivity index (χ1) is 8.15. The van der Waals surface area contributed by atoms with Crippen LogP contribution in [0.1, 0.15) is 20.8 Å². The molecule has 1 aromatic rings. The van der Waals surface area contributed by atoms with E-state index in [0.29, 0.717) is 5.69 Å². The van der Waals surface area contributed by atoms with Gasteiger partial charge in [-0.3, -0.25) is 4.21 Å². The summed E-state index contributed by atoms with van der Waals surface area (Å²) in [6.07, 6.45) is 1.49. The smallest absolute Gasteiger partial charge is 0.156 e. The van der Waals surface area contributed by atoms with Crippen molar-refractivity contribution < 1.29 is 12.6 Å². The minimum absolute atomic E-state index is 0.0147. The van der Waals surface area contributed by atoms with Crippen LogP contribution in [0.15, 0.2) is 23.4 Å². The van der Waals surface area contributed by atoms with Crippen molar-refractivity contribution in [1.29, 1.82) is 0 Å². The van der Waals surface area contributed by atoms with Crippen molar-refractivity contribution in [2.45, 2.75) is 30.5 Å². The summed E-state index contributed by atoms with van der Waals surface area (Å²) < 4.78 is 34.9. The quantitative estimate of drug-likeness (QED) is 0.893. The number of hydrogen-bond acceptors (Lipinski definition) is 5. The molecule has 0 aliphatic rings. The van der Waals surface area contributed by atoms with Gasteiger partial charge < -0.3 is 5.73 Å². The van der Waals surface area contributed by atoms with Crippen molar-refractivity contribution in [2.24, 2.45) is 0 Å². The first-order valence-corrected chi connectivity index (χ1v) is 8.43. The summed E-state index contributed by atoms with van der Waals surface area (Å²) in [6, 6.07) is 3.24. The van der Waals surface area contributed by atoms with Gasteiger partial charge in [0.1, 0.15) is 5.03 Å². The van der Waals surface area contributed by atoms with Gasteiger partial charge in [-0.1, -0.05) is 0 Å². The Balaban J connectivity index is 2.78. The summed E-state index contributed by atoms with van der Waals surface area (Å²) in [4.78, 5) is 3.92. The number of nitrogens with two attached hydrogens (primary N) is 1. The number of anilines is 1. The van der Waals surface area contributed by atoms with Gasteiger partial charge in [0.05, 0.1) is 27.0 Å². The van der Waals surface area contributed by atoms with Crippen LogP contribution < -0.4 is 5.73 Å². The molecule has 1 atom stereocenters. The van der Waals surface area contributed by atoms with Crippen LogP contribution >= 0.6 is 0 Å². The molecular weight excluding hydrogens is 272 g/mol. The highest BCUT2D eigenvalue weighted by atomic mass is 32.2. The zero-order valence-electron chi connectivity index (χ0n) is 10.7. The van der Waals surface area contributed by atoms with Crippen LogP contribution in [0.5, 0.6) is 0 Å². The van der Waals surface area contributed by atoms with Crippen molar-refractivity contribution in [3.05, 3.63) is 18.3 Å². The van der Waals surface area contributed by atoms with Crippen LogP contribution in [-0.4, -0.2) is 33.9 Å². The fourth-order valence-corrected chi connectivity index (χ4v) is 3.98. The first-order valence-electron chi connectivity index (χ1n) is 5.46. The Hall–Kier alpha value is -0.950. The molecule has 102 valence electrons. The van der Waals surface area contributed by atoms with Crippen molar-refractivity contribution >= 4 is 26.3 Å². The van der Waals surface area contributed by atoms with E-state index in [-0.39, 0.29) is 16.5 Å². The van der Waals surface area contributed by atoms with Gasteiger partial charge in [0.25, 0.3) is 0 Å². The second-order valence-corrected chi connectivity index (χ2v) is 9.23. The van der Waals surface area contributed by atoms with E-state index < -0.39 is 25.4 Å². The lowest BCUT2D eigenvalue weighted by atomic mass is 10.3. The third kappa shape index (κ3) is 3.52. The molecule has 1 aromatic heterocycles. The van der Waals surface area contributed by atoms with E-state index in [4.69, 9.17) is 5.73 Å². The van der Waals surface area contributed by atoms with Gasteiger partial charge in [0, 0.05) is 11.9 Å². The molecule has 0 aliphatic carbocycles.